The molecule has 2 heteroatoms. The largest absolute Gasteiger partial charge is 0.298 e. The predicted octanol–water partition coefficient (Wildman–Crippen LogP) is 2.54. The molecule has 2 aromatic carbocycles. The highest BCUT2D eigenvalue weighted by molar-refractivity contribution is 8.93. The average molecular weight is 290 g/mol. The Morgan fingerprint density at radius 3 is 1.25 bits per heavy atom. The third-order valence-corrected chi connectivity index (χ3v) is 3.92. The Labute approximate surface area is 114 Å². The van der Waals surface area contributed by atoms with Gasteiger partial charge in [0.1, 0.15) is 0 Å². The van der Waals surface area contributed by atoms with Crippen molar-refractivity contribution >= 4 is 41.1 Å². The molecule has 0 fully saturated rings. The minimum atomic E-state index is 0. The van der Waals surface area contributed by atoms with Crippen LogP contribution in [0, 0.1) is 13.8 Å². The van der Waals surface area contributed by atoms with E-state index in [9.17, 15) is 0 Å². The van der Waals surface area contributed by atoms with Crippen LogP contribution in [0.4, 0.5) is 0 Å². The lowest BCUT2D eigenvalue weighted by Crippen LogP contribution is -2.26. The van der Waals surface area contributed by atoms with Gasteiger partial charge in [-0.1, -0.05) is 59.7 Å². The number of aryl methyl sites for hydroxylation is 2. The second-order valence-electron chi connectivity index (χ2n) is 3.97. The summed E-state index contributed by atoms with van der Waals surface area (Å²) in [6.45, 7) is 4.26. The summed E-state index contributed by atoms with van der Waals surface area (Å²) in [5, 5.41) is 0. The topological polar surface area (TPSA) is 0 Å². The summed E-state index contributed by atoms with van der Waals surface area (Å²) in [7, 11) is 0. The molecule has 16 heavy (non-hydrogen) atoms. The van der Waals surface area contributed by atoms with Gasteiger partial charge < -0.3 is 0 Å². The highest BCUT2D eigenvalue weighted by Crippen LogP contribution is 1.94. The minimum absolute atomic E-state index is 0. The highest BCUT2D eigenvalue weighted by atomic mass is 79.9. The summed E-state index contributed by atoms with van der Waals surface area (Å²) in [6.07, 6.45) is 0. The summed E-state index contributed by atoms with van der Waals surface area (Å²) in [5.41, 5.74) is 2.67. The van der Waals surface area contributed by atoms with E-state index in [-0.39, 0.29) is 32.2 Å². The van der Waals surface area contributed by atoms with Gasteiger partial charge in [0.25, 0.3) is 15.2 Å². The fourth-order valence-electron chi connectivity index (χ4n) is 1.52. The number of halogens is 1. The Morgan fingerprint density at radius 1 is 0.625 bits per heavy atom. The summed E-state index contributed by atoms with van der Waals surface area (Å²) in [6, 6.07) is 17.7. The number of benzene rings is 2. The van der Waals surface area contributed by atoms with Gasteiger partial charge in [0.15, 0.2) is 0 Å². The Morgan fingerprint density at radius 2 is 0.938 bits per heavy atom. The molecule has 0 nitrogen and oxygen atoms in total. The lowest BCUT2D eigenvalue weighted by atomic mass is 10.2. The molecular formula is C14H15AlBr. The first-order valence-electron chi connectivity index (χ1n) is 5.22. The van der Waals surface area contributed by atoms with Gasteiger partial charge in [0.2, 0.25) is 0 Å². The van der Waals surface area contributed by atoms with E-state index in [1.54, 1.807) is 0 Å². The highest BCUT2D eigenvalue weighted by Gasteiger charge is 1.98. The summed E-state index contributed by atoms with van der Waals surface area (Å²) in [5.74, 6) is 0. The zero-order valence-electron chi connectivity index (χ0n) is 9.60. The summed E-state index contributed by atoms with van der Waals surface area (Å²) >= 11 is 0.252. The van der Waals surface area contributed by atoms with E-state index in [1.165, 1.54) is 20.0 Å². The molecule has 0 amide bonds. The monoisotopic (exact) mass is 289 g/mol. The van der Waals surface area contributed by atoms with Crippen molar-refractivity contribution in [3.05, 3.63) is 59.7 Å². The van der Waals surface area contributed by atoms with E-state index in [0.717, 1.165) is 0 Å². The standard InChI is InChI=1S/2C7H7.Al.BrH/c2*1-7-5-3-2-4-6-7;;/h2*3-6H,1H3;;1H. The van der Waals surface area contributed by atoms with Crippen LogP contribution in [-0.4, -0.2) is 15.2 Å². The molecule has 0 aliphatic rings. The van der Waals surface area contributed by atoms with E-state index < -0.39 is 0 Å². The quantitative estimate of drug-likeness (QED) is 0.746. The Hall–Kier alpha value is -0.548. The number of hydrogen-bond donors (Lipinski definition) is 0. The SMILES string of the molecule is Br.Cc1cc[c]([Al][c]2ccc(C)cc2)cc1. The van der Waals surface area contributed by atoms with Crippen LogP contribution in [0.1, 0.15) is 11.1 Å². The van der Waals surface area contributed by atoms with Crippen LogP contribution in [0.15, 0.2) is 48.5 Å². The lowest BCUT2D eigenvalue weighted by Gasteiger charge is -2.01. The van der Waals surface area contributed by atoms with Crippen LogP contribution in [-0.2, 0) is 0 Å². The van der Waals surface area contributed by atoms with Crippen molar-refractivity contribution in [1.82, 2.24) is 0 Å². The van der Waals surface area contributed by atoms with Crippen LogP contribution in [0.5, 0.6) is 0 Å². The zero-order valence-corrected chi connectivity index (χ0v) is 12.5. The van der Waals surface area contributed by atoms with Gasteiger partial charge in [0.05, 0.1) is 0 Å². The fourth-order valence-corrected chi connectivity index (χ4v) is 2.67. The molecule has 0 aliphatic heterocycles. The van der Waals surface area contributed by atoms with Gasteiger partial charge in [0, 0.05) is 0 Å². The maximum absolute atomic E-state index is 2.24. The molecule has 0 bridgehead atoms. The Balaban J connectivity index is 0.00000128. The van der Waals surface area contributed by atoms with E-state index in [1.807, 2.05) is 0 Å². The van der Waals surface area contributed by atoms with Crippen molar-refractivity contribution in [1.29, 1.82) is 0 Å². The molecule has 81 valence electrons. The second-order valence-corrected chi connectivity index (χ2v) is 5.59. The van der Waals surface area contributed by atoms with Crippen molar-refractivity contribution in [2.45, 2.75) is 13.8 Å². The maximum Gasteiger partial charge on any atom is 0.298 e. The van der Waals surface area contributed by atoms with Crippen molar-refractivity contribution in [2.75, 3.05) is 0 Å². The first-order valence-corrected chi connectivity index (χ1v) is 6.37. The third kappa shape index (κ3) is 3.79. The second kappa shape index (κ2) is 6.25. The Kier molecular flexibility index (Phi) is 5.28. The molecule has 0 aromatic heterocycles. The third-order valence-electron chi connectivity index (χ3n) is 2.49. The van der Waals surface area contributed by atoms with Gasteiger partial charge in [-0.05, 0) is 13.8 Å². The van der Waals surface area contributed by atoms with Crippen LogP contribution >= 0.6 is 17.0 Å². The molecule has 2 aromatic rings. The first kappa shape index (κ1) is 13.5. The van der Waals surface area contributed by atoms with Crippen molar-refractivity contribution in [2.24, 2.45) is 0 Å². The predicted molar refractivity (Wildman–Crippen MR) is 77.7 cm³/mol. The van der Waals surface area contributed by atoms with E-state index in [4.69, 9.17) is 0 Å². The van der Waals surface area contributed by atoms with E-state index in [2.05, 4.69) is 62.4 Å². The average Bonchev–Trinajstić information content (AvgIpc) is 2.25. The number of rotatable bonds is 2. The van der Waals surface area contributed by atoms with Crippen molar-refractivity contribution < 1.29 is 0 Å². The number of hydrogen-bond acceptors (Lipinski definition) is 0. The molecule has 0 saturated carbocycles. The normalized spacial score (nSPS) is 9.38. The van der Waals surface area contributed by atoms with Crippen LogP contribution in [0.2, 0.25) is 0 Å². The zero-order chi connectivity index (χ0) is 10.7. The van der Waals surface area contributed by atoms with Gasteiger partial charge in [-0.25, -0.2) is 0 Å². The van der Waals surface area contributed by atoms with Gasteiger partial charge in [-0.3, -0.25) is 0 Å². The minimum Gasteiger partial charge on any atom is -0.117 e. The van der Waals surface area contributed by atoms with Gasteiger partial charge in [-0.15, -0.1) is 25.8 Å². The van der Waals surface area contributed by atoms with Crippen LogP contribution < -0.4 is 8.85 Å². The maximum atomic E-state index is 2.24. The molecule has 0 spiro atoms. The van der Waals surface area contributed by atoms with Gasteiger partial charge >= 0.3 is 0 Å². The molecular weight excluding hydrogens is 275 g/mol. The molecule has 0 saturated heterocycles. The molecule has 0 atom stereocenters. The van der Waals surface area contributed by atoms with Crippen molar-refractivity contribution in [3.8, 4) is 0 Å². The van der Waals surface area contributed by atoms with Crippen molar-refractivity contribution in [3.63, 3.8) is 0 Å². The molecule has 0 unspecified atom stereocenters. The van der Waals surface area contributed by atoms with Crippen LogP contribution in [0.3, 0.4) is 0 Å². The fraction of sp³-hybridized carbons (Fsp3) is 0.143. The van der Waals surface area contributed by atoms with Crippen LogP contribution in [0.25, 0.3) is 0 Å². The first-order chi connectivity index (χ1) is 7.24. The van der Waals surface area contributed by atoms with Gasteiger partial charge in [-0.2, -0.15) is 0 Å². The molecule has 1 radical (unpaired) electrons. The molecule has 0 N–H and O–H groups in total. The smallest absolute Gasteiger partial charge is 0.117 e. The Bertz CT molecular complexity index is 388. The molecule has 0 aliphatic carbocycles. The molecule has 2 rings (SSSR count). The summed E-state index contributed by atoms with van der Waals surface area (Å²) in [4.78, 5) is 0. The molecule has 0 heterocycles. The summed E-state index contributed by atoms with van der Waals surface area (Å²) < 4.78 is 2.92. The van der Waals surface area contributed by atoms with E-state index >= 15 is 0 Å². The lowest BCUT2D eigenvalue weighted by molar-refractivity contribution is 1.48. The van der Waals surface area contributed by atoms with E-state index in [0.29, 0.717) is 0 Å².